The van der Waals surface area contributed by atoms with Gasteiger partial charge in [-0.1, -0.05) is 32.0 Å². The van der Waals surface area contributed by atoms with Gasteiger partial charge in [-0.15, -0.1) is 0 Å². The van der Waals surface area contributed by atoms with Crippen LogP contribution < -0.4 is 4.90 Å². The second kappa shape index (κ2) is 5.12. The molecule has 0 aliphatic carbocycles. The van der Waals surface area contributed by atoms with Crippen LogP contribution in [0.4, 0.5) is 5.69 Å². The van der Waals surface area contributed by atoms with E-state index in [4.69, 9.17) is 0 Å². The molecule has 0 aromatic heterocycles. The Bertz CT molecular complexity index is 353. The lowest BCUT2D eigenvalue weighted by Crippen LogP contribution is -2.36. The SMILES string of the molecule is Cc1cccc(C)c1N1CCC(C(C)C)CC1. The fourth-order valence-corrected chi connectivity index (χ4v) is 3.09. The van der Waals surface area contributed by atoms with Crippen molar-refractivity contribution in [2.24, 2.45) is 11.8 Å². The molecule has 1 aliphatic heterocycles. The molecule has 0 N–H and O–H groups in total. The van der Waals surface area contributed by atoms with Crippen molar-refractivity contribution in [1.82, 2.24) is 0 Å². The zero-order valence-corrected chi connectivity index (χ0v) is 11.7. The highest BCUT2D eigenvalue weighted by Gasteiger charge is 2.22. The number of rotatable bonds is 2. The maximum atomic E-state index is 2.59. The molecule has 0 saturated carbocycles. The number of para-hydroxylation sites is 1. The molecule has 1 aromatic carbocycles. The van der Waals surface area contributed by atoms with Crippen molar-refractivity contribution in [3.63, 3.8) is 0 Å². The van der Waals surface area contributed by atoms with E-state index in [0.717, 1.165) is 11.8 Å². The van der Waals surface area contributed by atoms with E-state index < -0.39 is 0 Å². The third-order valence-corrected chi connectivity index (χ3v) is 4.24. The standard InChI is InChI=1S/C16H25N/c1-12(2)15-8-10-17(11-9-15)16-13(3)6-5-7-14(16)4/h5-7,12,15H,8-11H2,1-4H3. The Morgan fingerprint density at radius 2 is 1.59 bits per heavy atom. The lowest BCUT2D eigenvalue weighted by atomic mass is 9.86. The quantitative estimate of drug-likeness (QED) is 0.738. The van der Waals surface area contributed by atoms with Gasteiger partial charge < -0.3 is 4.90 Å². The van der Waals surface area contributed by atoms with Crippen LogP contribution in [0, 0.1) is 25.7 Å². The Labute approximate surface area is 106 Å². The van der Waals surface area contributed by atoms with Gasteiger partial charge in [-0.3, -0.25) is 0 Å². The van der Waals surface area contributed by atoms with Crippen molar-refractivity contribution < 1.29 is 0 Å². The Kier molecular flexibility index (Phi) is 3.76. The Balaban J connectivity index is 2.11. The van der Waals surface area contributed by atoms with Crippen molar-refractivity contribution in [1.29, 1.82) is 0 Å². The van der Waals surface area contributed by atoms with Crippen molar-refractivity contribution >= 4 is 5.69 Å². The zero-order valence-electron chi connectivity index (χ0n) is 11.7. The lowest BCUT2D eigenvalue weighted by molar-refractivity contribution is 0.311. The summed E-state index contributed by atoms with van der Waals surface area (Å²) in [6.45, 7) is 11.6. The highest BCUT2D eigenvalue weighted by atomic mass is 15.1. The van der Waals surface area contributed by atoms with Crippen LogP contribution in [0.25, 0.3) is 0 Å². The third kappa shape index (κ3) is 2.65. The van der Waals surface area contributed by atoms with E-state index in [2.05, 4.69) is 50.8 Å². The van der Waals surface area contributed by atoms with Gasteiger partial charge in [-0.05, 0) is 49.7 Å². The van der Waals surface area contributed by atoms with E-state index in [9.17, 15) is 0 Å². The Morgan fingerprint density at radius 1 is 1.06 bits per heavy atom. The summed E-state index contributed by atoms with van der Waals surface area (Å²) in [6.07, 6.45) is 2.71. The molecule has 1 heteroatoms. The molecule has 1 heterocycles. The first-order valence-electron chi connectivity index (χ1n) is 6.90. The average Bonchev–Trinajstić information content (AvgIpc) is 2.29. The van der Waals surface area contributed by atoms with Crippen LogP contribution in [0.2, 0.25) is 0 Å². The molecule has 0 atom stereocenters. The Morgan fingerprint density at radius 3 is 2.06 bits per heavy atom. The van der Waals surface area contributed by atoms with Crippen molar-refractivity contribution in [3.05, 3.63) is 29.3 Å². The first-order valence-corrected chi connectivity index (χ1v) is 6.90. The van der Waals surface area contributed by atoms with Crippen LogP contribution in [-0.2, 0) is 0 Å². The van der Waals surface area contributed by atoms with Crippen LogP contribution in [0.5, 0.6) is 0 Å². The number of aryl methyl sites for hydroxylation is 2. The monoisotopic (exact) mass is 231 g/mol. The molecule has 0 bridgehead atoms. The second-order valence-corrected chi connectivity index (χ2v) is 5.81. The molecule has 1 aliphatic rings. The van der Waals surface area contributed by atoms with Crippen LogP contribution in [0.1, 0.15) is 37.8 Å². The molecule has 0 unspecified atom stereocenters. The molecule has 1 fully saturated rings. The number of anilines is 1. The molecular weight excluding hydrogens is 206 g/mol. The van der Waals surface area contributed by atoms with Gasteiger partial charge in [0.05, 0.1) is 0 Å². The summed E-state index contributed by atoms with van der Waals surface area (Å²) in [4.78, 5) is 2.59. The minimum atomic E-state index is 0.843. The molecule has 1 aromatic rings. The summed E-state index contributed by atoms with van der Waals surface area (Å²) in [5, 5.41) is 0. The van der Waals surface area contributed by atoms with E-state index in [1.807, 2.05) is 0 Å². The highest BCUT2D eigenvalue weighted by molar-refractivity contribution is 5.59. The van der Waals surface area contributed by atoms with Gasteiger partial charge in [0.1, 0.15) is 0 Å². The predicted molar refractivity (Wildman–Crippen MR) is 75.7 cm³/mol. The predicted octanol–water partition coefficient (Wildman–Crippen LogP) is 4.18. The first-order chi connectivity index (χ1) is 8.09. The molecule has 17 heavy (non-hydrogen) atoms. The largest absolute Gasteiger partial charge is 0.371 e. The van der Waals surface area contributed by atoms with Crippen LogP contribution >= 0.6 is 0 Å². The maximum Gasteiger partial charge on any atom is 0.0425 e. The maximum absolute atomic E-state index is 2.59. The van der Waals surface area contributed by atoms with E-state index in [0.29, 0.717) is 0 Å². The van der Waals surface area contributed by atoms with Crippen LogP contribution in [0.15, 0.2) is 18.2 Å². The number of nitrogens with zero attached hydrogens (tertiary/aromatic N) is 1. The minimum Gasteiger partial charge on any atom is -0.371 e. The molecule has 94 valence electrons. The van der Waals surface area contributed by atoms with Crippen LogP contribution in [-0.4, -0.2) is 13.1 Å². The Hall–Kier alpha value is -0.980. The zero-order chi connectivity index (χ0) is 12.4. The number of benzene rings is 1. The molecular formula is C16H25N. The highest BCUT2D eigenvalue weighted by Crippen LogP contribution is 2.31. The normalized spacial score (nSPS) is 17.8. The fraction of sp³-hybridized carbons (Fsp3) is 0.625. The van der Waals surface area contributed by atoms with Gasteiger partial charge in [0.15, 0.2) is 0 Å². The fourth-order valence-electron chi connectivity index (χ4n) is 3.09. The molecule has 1 saturated heterocycles. The third-order valence-electron chi connectivity index (χ3n) is 4.24. The van der Waals surface area contributed by atoms with Gasteiger partial charge in [-0.2, -0.15) is 0 Å². The first kappa shape index (κ1) is 12.5. The number of hydrogen-bond acceptors (Lipinski definition) is 1. The average molecular weight is 231 g/mol. The second-order valence-electron chi connectivity index (χ2n) is 5.81. The van der Waals surface area contributed by atoms with Gasteiger partial charge in [-0.25, -0.2) is 0 Å². The van der Waals surface area contributed by atoms with Crippen molar-refractivity contribution in [3.8, 4) is 0 Å². The summed E-state index contributed by atoms with van der Waals surface area (Å²) < 4.78 is 0. The topological polar surface area (TPSA) is 3.24 Å². The minimum absolute atomic E-state index is 0.843. The summed E-state index contributed by atoms with van der Waals surface area (Å²) in [5.74, 6) is 1.77. The van der Waals surface area contributed by atoms with Gasteiger partial charge >= 0.3 is 0 Å². The van der Waals surface area contributed by atoms with Gasteiger partial charge in [0.25, 0.3) is 0 Å². The van der Waals surface area contributed by atoms with Crippen molar-refractivity contribution in [2.75, 3.05) is 18.0 Å². The molecule has 0 amide bonds. The number of piperidine rings is 1. The molecule has 1 nitrogen and oxygen atoms in total. The summed E-state index contributed by atoms with van der Waals surface area (Å²) >= 11 is 0. The summed E-state index contributed by atoms with van der Waals surface area (Å²) in [6, 6.07) is 6.63. The summed E-state index contributed by atoms with van der Waals surface area (Å²) in [7, 11) is 0. The van der Waals surface area contributed by atoms with E-state index >= 15 is 0 Å². The number of hydrogen-bond donors (Lipinski definition) is 0. The lowest BCUT2D eigenvalue weighted by Gasteiger charge is -2.36. The van der Waals surface area contributed by atoms with E-state index in [1.165, 1.54) is 42.7 Å². The van der Waals surface area contributed by atoms with E-state index in [1.54, 1.807) is 0 Å². The molecule has 0 spiro atoms. The van der Waals surface area contributed by atoms with Crippen LogP contribution in [0.3, 0.4) is 0 Å². The molecule has 2 rings (SSSR count). The van der Waals surface area contributed by atoms with Crippen molar-refractivity contribution in [2.45, 2.75) is 40.5 Å². The molecule has 0 radical (unpaired) electrons. The van der Waals surface area contributed by atoms with Gasteiger partial charge in [0, 0.05) is 18.8 Å². The summed E-state index contributed by atoms with van der Waals surface area (Å²) in [5.41, 5.74) is 4.33. The smallest absolute Gasteiger partial charge is 0.0425 e. The van der Waals surface area contributed by atoms with Gasteiger partial charge in [0.2, 0.25) is 0 Å². The van der Waals surface area contributed by atoms with E-state index in [-0.39, 0.29) is 0 Å².